The zero-order chi connectivity index (χ0) is 15.3. The molecule has 1 rings (SSSR count). The van der Waals surface area contributed by atoms with Crippen molar-refractivity contribution in [1.82, 2.24) is 0 Å². The van der Waals surface area contributed by atoms with Crippen molar-refractivity contribution in [2.75, 3.05) is 12.9 Å². The SMILES string of the molecule is CSC1OCC(OC(C)=O)C(OC(C)=O)C1OC(C)=O. The first-order valence-corrected chi connectivity index (χ1v) is 7.30. The zero-order valence-corrected chi connectivity index (χ0v) is 12.6. The summed E-state index contributed by atoms with van der Waals surface area (Å²) in [6.45, 7) is 3.80. The van der Waals surface area contributed by atoms with Crippen LogP contribution in [0.3, 0.4) is 0 Å². The molecule has 0 radical (unpaired) electrons. The Hall–Kier alpha value is -1.28. The third-order valence-electron chi connectivity index (χ3n) is 2.54. The average Bonchev–Trinajstić information content (AvgIpc) is 2.31. The second-order valence-electron chi connectivity index (χ2n) is 4.23. The fraction of sp³-hybridized carbons (Fsp3) is 0.750. The summed E-state index contributed by atoms with van der Waals surface area (Å²) in [4.78, 5) is 33.5. The van der Waals surface area contributed by atoms with Gasteiger partial charge in [0, 0.05) is 20.8 Å². The molecule has 0 bridgehead atoms. The molecule has 0 saturated carbocycles. The van der Waals surface area contributed by atoms with Gasteiger partial charge in [-0.05, 0) is 6.26 Å². The van der Waals surface area contributed by atoms with Crippen LogP contribution >= 0.6 is 11.8 Å². The van der Waals surface area contributed by atoms with E-state index in [0.29, 0.717) is 0 Å². The molecule has 0 aromatic heterocycles. The molecule has 114 valence electrons. The molecule has 0 amide bonds. The van der Waals surface area contributed by atoms with Crippen molar-refractivity contribution in [3.8, 4) is 0 Å². The molecule has 7 nitrogen and oxygen atoms in total. The van der Waals surface area contributed by atoms with Crippen LogP contribution in [0.15, 0.2) is 0 Å². The van der Waals surface area contributed by atoms with E-state index in [1.54, 1.807) is 6.26 Å². The van der Waals surface area contributed by atoms with E-state index in [1.807, 2.05) is 0 Å². The van der Waals surface area contributed by atoms with Gasteiger partial charge in [-0.15, -0.1) is 11.8 Å². The van der Waals surface area contributed by atoms with E-state index >= 15 is 0 Å². The molecule has 1 heterocycles. The summed E-state index contributed by atoms with van der Waals surface area (Å²) >= 11 is 1.32. The molecule has 0 aromatic carbocycles. The van der Waals surface area contributed by atoms with Crippen molar-refractivity contribution in [1.29, 1.82) is 0 Å². The minimum atomic E-state index is -0.883. The lowest BCUT2D eigenvalue weighted by atomic mass is 10.1. The molecule has 8 heteroatoms. The van der Waals surface area contributed by atoms with Crippen LogP contribution in [-0.2, 0) is 33.3 Å². The maximum absolute atomic E-state index is 11.2. The molecule has 1 fully saturated rings. The molecule has 0 aliphatic carbocycles. The monoisotopic (exact) mass is 306 g/mol. The molecule has 4 unspecified atom stereocenters. The maximum atomic E-state index is 11.2. The molecule has 1 aliphatic rings. The Bertz CT molecular complexity index is 384. The van der Waals surface area contributed by atoms with Gasteiger partial charge in [0.05, 0.1) is 6.61 Å². The van der Waals surface area contributed by atoms with E-state index < -0.39 is 41.7 Å². The van der Waals surface area contributed by atoms with Crippen LogP contribution in [0.1, 0.15) is 20.8 Å². The fourth-order valence-electron chi connectivity index (χ4n) is 1.91. The second kappa shape index (κ2) is 7.49. The van der Waals surface area contributed by atoms with E-state index in [4.69, 9.17) is 18.9 Å². The van der Waals surface area contributed by atoms with Gasteiger partial charge in [-0.3, -0.25) is 14.4 Å². The normalized spacial score (nSPS) is 29.4. The maximum Gasteiger partial charge on any atom is 0.303 e. The lowest BCUT2D eigenvalue weighted by Crippen LogP contribution is -2.56. The average molecular weight is 306 g/mol. The predicted octanol–water partition coefficient (Wildman–Crippen LogP) is 0.501. The van der Waals surface area contributed by atoms with Crippen LogP contribution in [0, 0.1) is 0 Å². The van der Waals surface area contributed by atoms with Crippen LogP contribution in [0.4, 0.5) is 0 Å². The molecular formula is C12H18O7S. The first-order chi connectivity index (χ1) is 9.35. The van der Waals surface area contributed by atoms with E-state index in [9.17, 15) is 14.4 Å². The highest BCUT2D eigenvalue weighted by atomic mass is 32.2. The second-order valence-corrected chi connectivity index (χ2v) is 5.17. The van der Waals surface area contributed by atoms with Gasteiger partial charge < -0.3 is 18.9 Å². The molecule has 20 heavy (non-hydrogen) atoms. The zero-order valence-electron chi connectivity index (χ0n) is 11.8. The Morgan fingerprint density at radius 3 is 1.90 bits per heavy atom. The van der Waals surface area contributed by atoms with Crippen molar-refractivity contribution < 1.29 is 33.3 Å². The molecule has 1 aliphatic heterocycles. The van der Waals surface area contributed by atoms with Crippen molar-refractivity contribution in [3.05, 3.63) is 0 Å². The third-order valence-corrected chi connectivity index (χ3v) is 3.41. The summed E-state index contributed by atoms with van der Waals surface area (Å²) < 4.78 is 20.9. The number of rotatable bonds is 4. The molecular weight excluding hydrogens is 288 g/mol. The molecule has 0 aromatic rings. The Kier molecular flexibility index (Phi) is 6.28. The first-order valence-electron chi connectivity index (χ1n) is 6.01. The molecule has 0 N–H and O–H groups in total. The van der Waals surface area contributed by atoms with Gasteiger partial charge in [-0.2, -0.15) is 0 Å². The number of carbonyl (C=O) groups excluding carboxylic acids is 3. The van der Waals surface area contributed by atoms with Gasteiger partial charge >= 0.3 is 17.9 Å². The van der Waals surface area contributed by atoms with E-state index in [2.05, 4.69) is 0 Å². The summed E-state index contributed by atoms with van der Waals surface area (Å²) in [7, 11) is 0. The van der Waals surface area contributed by atoms with Crippen molar-refractivity contribution >= 4 is 29.7 Å². The summed E-state index contributed by atoms with van der Waals surface area (Å²) in [5, 5.41) is 0. The Balaban J connectivity index is 2.95. The quantitative estimate of drug-likeness (QED) is 0.548. The molecule has 0 spiro atoms. The van der Waals surface area contributed by atoms with Gasteiger partial charge in [0.15, 0.2) is 18.3 Å². The minimum Gasteiger partial charge on any atom is -0.456 e. The van der Waals surface area contributed by atoms with Gasteiger partial charge in [0.25, 0.3) is 0 Å². The number of carbonyl (C=O) groups is 3. The standard InChI is InChI=1S/C12H18O7S/c1-6(13)17-9-5-16-12(20-4)11(19-8(3)15)10(9)18-7(2)14/h9-12H,5H2,1-4H3. The minimum absolute atomic E-state index is 0.0702. The van der Waals surface area contributed by atoms with Gasteiger partial charge in [-0.25, -0.2) is 0 Å². The highest BCUT2D eigenvalue weighted by molar-refractivity contribution is 7.99. The topological polar surface area (TPSA) is 88.1 Å². The van der Waals surface area contributed by atoms with Crippen LogP contribution in [0.5, 0.6) is 0 Å². The summed E-state index contributed by atoms with van der Waals surface area (Å²) in [6.07, 6.45) is -0.738. The van der Waals surface area contributed by atoms with E-state index in [0.717, 1.165) is 0 Å². The lowest BCUT2D eigenvalue weighted by Gasteiger charge is -2.39. The largest absolute Gasteiger partial charge is 0.456 e. The molecule has 4 atom stereocenters. The summed E-state index contributed by atoms with van der Waals surface area (Å²) in [5.41, 5.74) is -0.491. The van der Waals surface area contributed by atoms with Crippen molar-refractivity contribution in [2.45, 2.75) is 44.5 Å². The van der Waals surface area contributed by atoms with E-state index in [1.165, 1.54) is 32.5 Å². The lowest BCUT2D eigenvalue weighted by molar-refractivity contribution is -0.213. The fourth-order valence-corrected chi connectivity index (χ4v) is 2.60. The first kappa shape index (κ1) is 16.8. The van der Waals surface area contributed by atoms with Crippen LogP contribution in [0.2, 0.25) is 0 Å². The number of hydrogen-bond acceptors (Lipinski definition) is 8. The third kappa shape index (κ3) is 4.68. The van der Waals surface area contributed by atoms with E-state index in [-0.39, 0.29) is 6.61 Å². The summed E-state index contributed by atoms with van der Waals surface area (Å²) in [6, 6.07) is 0. The van der Waals surface area contributed by atoms with Gasteiger partial charge in [-0.1, -0.05) is 0 Å². The number of thioether (sulfide) groups is 1. The van der Waals surface area contributed by atoms with Gasteiger partial charge in [0.2, 0.25) is 0 Å². The number of hydrogen-bond donors (Lipinski definition) is 0. The predicted molar refractivity (Wildman–Crippen MR) is 69.9 cm³/mol. The van der Waals surface area contributed by atoms with Crippen LogP contribution in [-0.4, -0.2) is 54.5 Å². The Labute approximate surface area is 121 Å². The number of esters is 3. The Morgan fingerprint density at radius 2 is 1.45 bits per heavy atom. The highest BCUT2D eigenvalue weighted by Gasteiger charge is 2.46. The van der Waals surface area contributed by atoms with Crippen molar-refractivity contribution in [3.63, 3.8) is 0 Å². The smallest absolute Gasteiger partial charge is 0.303 e. The van der Waals surface area contributed by atoms with Crippen molar-refractivity contribution in [2.24, 2.45) is 0 Å². The van der Waals surface area contributed by atoms with Crippen LogP contribution in [0.25, 0.3) is 0 Å². The highest BCUT2D eigenvalue weighted by Crippen LogP contribution is 2.29. The molecule has 1 saturated heterocycles. The van der Waals surface area contributed by atoms with Crippen LogP contribution < -0.4 is 0 Å². The number of ether oxygens (including phenoxy) is 4. The summed E-state index contributed by atoms with van der Waals surface area (Å²) in [5.74, 6) is -1.61. The Morgan fingerprint density at radius 1 is 0.950 bits per heavy atom. The van der Waals surface area contributed by atoms with Gasteiger partial charge in [0.1, 0.15) is 5.44 Å².